The SMILES string of the molecule is C/C(=N/OC(=O)c1ccc(C)cc1)c1cccs1. The molecule has 2 rings (SSSR count). The number of thiophene rings is 1. The summed E-state index contributed by atoms with van der Waals surface area (Å²) in [6, 6.07) is 11.1. The van der Waals surface area contributed by atoms with E-state index in [4.69, 9.17) is 4.84 Å². The van der Waals surface area contributed by atoms with Crippen molar-refractivity contribution in [2.24, 2.45) is 5.16 Å². The molecule has 1 heterocycles. The summed E-state index contributed by atoms with van der Waals surface area (Å²) in [4.78, 5) is 17.6. The minimum atomic E-state index is -0.439. The standard InChI is InChI=1S/C14H13NO2S/c1-10-5-7-12(8-6-10)14(16)17-15-11(2)13-4-3-9-18-13/h3-9H,1-2H3/b15-11-. The van der Waals surface area contributed by atoms with E-state index in [1.54, 1.807) is 23.5 Å². The highest BCUT2D eigenvalue weighted by atomic mass is 32.1. The molecule has 0 amide bonds. The lowest BCUT2D eigenvalue weighted by Crippen LogP contribution is -2.03. The van der Waals surface area contributed by atoms with Crippen LogP contribution in [0.2, 0.25) is 0 Å². The van der Waals surface area contributed by atoms with Gasteiger partial charge in [-0.1, -0.05) is 28.9 Å². The zero-order chi connectivity index (χ0) is 13.0. The lowest BCUT2D eigenvalue weighted by Gasteiger charge is -2.00. The van der Waals surface area contributed by atoms with Crippen LogP contribution in [0.5, 0.6) is 0 Å². The van der Waals surface area contributed by atoms with E-state index in [2.05, 4.69) is 5.16 Å². The van der Waals surface area contributed by atoms with E-state index in [0.29, 0.717) is 11.3 Å². The lowest BCUT2D eigenvalue weighted by atomic mass is 10.2. The highest BCUT2D eigenvalue weighted by molar-refractivity contribution is 7.12. The highest BCUT2D eigenvalue weighted by Gasteiger charge is 2.07. The van der Waals surface area contributed by atoms with Crippen LogP contribution in [0.25, 0.3) is 0 Å². The van der Waals surface area contributed by atoms with Gasteiger partial charge in [-0.3, -0.25) is 0 Å². The summed E-state index contributed by atoms with van der Waals surface area (Å²) in [7, 11) is 0. The fourth-order valence-corrected chi connectivity index (χ4v) is 2.05. The van der Waals surface area contributed by atoms with Gasteiger partial charge in [0, 0.05) is 0 Å². The van der Waals surface area contributed by atoms with Crippen molar-refractivity contribution >= 4 is 23.0 Å². The maximum Gasteiger partial charge on any atom is 0.365 e. The molecule has 0 aliphatic heterocycles. The molecule has 0 spiro atoms. The predicted molar refractivity (Wildman–Crippen MR) is 73.1 cm³/mol. The first-order valence-electron chi connectivity index (χ1n) is 5.53. The number of oxime groups is 1. The second-order valence-electron chi connectivity index (χ2n) is 3.90. The molecular weight excluding hydrogens is 246 g/mol. The molecule has 0 N–H and O–H groups in total. The number of rotatable bonds is 3. The Bertz CT molecular complexity index is 556. The van der Waals surface area contributed by atoms with Crippen LogP contribution in [-0.2, 0) is 4.84 Å². The van der Waals surface area contributed by atoms with Crippen LogP contribution in [0, 0.1) is 6.92 Å². The van der Waals surface area contributed by atoms with Crippen LogP contribution >= 0.6 is 11.3 Å². The summed E-state index contributed by atoms with van der Waals surface area (Å²) < 4.78 is 0. The number of nitrogens with zero attached hydrogens (tertiary/aromatic N) is 1. The van der Waals surface area contributed by atoms with E-state index in [1.165, 1.54) is 0 Å². The predicted octanol–water partition coefficient (Wildman–Crippen LogP) is 3.64. The monoisotopic (exact) mass is 259 g/mol. The smallest absolute Gasteiger partial charge is 0.313 e. The molecule has 4 heteroatoms. The fourth-order valence-electron chi connectivity index (χ4n) is 1.38. The van der Waals surface area contributed by atoms with E-state index in [0.717, 1.165) is 10.4 Å². The molecule has 1 aromatic heterocycles. The van der Waals surface area contributed by atoms with Gasteiger partial charge >= 0.3 is 5.97 Å². The van der Waals surface area contributed by atoms with E-state index < -0.39 is 5.97 Å². The molecule has 0 fully saturated rings. The summed E-state index contributed by atoms with van der Waals surface area (Å²) in [5, 5.41) is 5.80. The number of carbonyl (C=O) groups excluding carboxylic acids is 1. The summed E-state index contributed by atoms with van der Waals surface area (Å²) >= 11 is 1.56. The molecule has 0 aliphatic rings. The Balaban J connectivity index is 2.04. The normalized spacial score (nSPS) is 11.3. The summed E-state index contributed by atoms with van der Waals surface area (Å²) in [6.07, 6.45) is 0. The molecule has 2 aromatic rings. The topological polar surface area (TPSA) is 38.7 Å². The molecule has 0 bridgehead atoms. The zero-order valence-corrected chi connectivity index (χ0v) is 11.0. The summed E-state index contributed by atoms with van der Waals surface area (Å²) in [6.45, 7) is 3.78. The minimum absolute atomic E-state index is 0.439. The number of carbonyl (C=O) groups is 1. The van der Waals surface area contributed by atoms with Crippen molar-refractivity contribution in [3.8, 4) is 0 Å². The average Bonchev–Trinajstić information content (AvgIpc) is 2.90. The van der Waals surface area contributed by atoms with E-state index in [-0.39, 0.29) is 0 Å². The third-order valence-electron chi connectivity index (χ3n) is 2.43. The zero-order valence-electron chi connectivity index (χ0n) is 10.2. The first kappa shape index (κ1) is 12.5. The molecule has 92 valence electrons. The van der Waals surface area contributed by atoms with Crippen molar-refractivity contribution in [2.45, 2.75) is 13.8 Å². The van der Waals surface area contributed by atoms with E-state index in [1.807, 2.05) is 43.5 Å². The molecule has 0 radical (unpaired) electrons. The molecule has 1 aromatic carbocycles. The van der Waals surface area contributed by atoms with Gasteiger partial charge in [-0.05, 0) is 37.4 Å². The fraction of sp³-hybridized carbons (Fsp3) is 0.143. The van der Waals surface area contributed by atoms with Crippen LogP contribution < -0.4 is 0 Å². The molecule has 0 aliphatic carbocycles. The number of benzene rings is 1. The number of hydrogen-bond donors (Lipinski definition) is 0. The second-order valence-corrected chi connectivity index (χ2v) is 4.85. The third-order valence-corrected chi connectivity index (χ3v) is 3.41. The first-order valence-corrected chi connectivity index (χ1v) is 6.41. The van der Waals surface area contributed by atoms with Gasteiger partial charge in [-0.15, -0.1) is 11.3 Å². The molecule has 0 saturated carbocycles. The Hall–Kier alpha value is -1.94. The van der Waals surface area contributed by atoms with Gasteiger partial charge in [-0.25, -0.2) is 4.79 Å². The van der Waals surface area contributed by atoms with Gasteiger partial charge in [0.1, 0.15) is 0 Å². The Kier molecular flexibility index (Phi) is 3.89. The minimum Gasteiger partial charge on any atom is -0.313 e. The van der Waals surface area contributed by atoms with Crippen molar-refractivity contribution in [2.75, 3.05) is 0 Å². The highest BCUT2D eigenvalue weighted by Crippen LogP contribution is 2.11. The van der Waals surface area contributed by atoms with Gasteiger partial charge in [0.05, 0.1) is 16.2 Å². The van der Waals surface area contributed by atoms with Gasteiger partial charge in [0.25, 0.3) is 0 Å². The maximum atomic E-state index is 11.7. The van der Waals surface area contributed by atoms with Crippen LogP contribution in [-0.4, -0.2) is 11.7 Å². The van der Waals surface area contributed by atoms with Gasteiger partial charge < -0.3 is 4.84 Å². The van der Waals surface area contributed by atoms with Crippen molar-refractivity contribution in [3.05, 3.63) is 57.8 Å². The Morgan fingerprint density at radius 2 is 1.94 bits per heavy atom. The van der Waals surface area contributed by atoms with Gasteiger partial charge in [0.2, 0.25) is 0 Å². The maximum absolute atomic E-state index is 11.7. The molecule has 0 unspecified atom stereocenters. The molecule has 0 atom stereocenters. The van der Waals surface area contributed by atoms with Gasteiger partial charge in [-0.2, -0.15) is 0 Å². The summed E-state index contributed by atoms with van der Waals surface area (Å²) in [5.41, 5.74) is 2.30. The van der Waals surface area contributed by atoms with Gasteiger partial charge in [0.15, 0.2) is 0 Å². The Labute approximate surface area is 110 Å². The first-order chi connectivity index (χ1) is 8.66. The van der Waals surface area contributed by atoms with Crippen LogP contribution in [0.15, 0.2) is 46.9 Å². The Morgan fingerprint density at radius 1 is 1.22 bits per heavy atom. The van der Waals surface area contributed by atoms with Crippen LogP contribution in [0.4, 0.5) is 0 Å². The number of aryl methyl sites for hydroxylation is 1. The third kappa shape index (κ3) is 3.05. The van der Waals surface area contributed by atoms with E-state index >= 15 is 0 Å². The average molecular weight is 259 g/mol. The van der Waals surface area contributed by atoms with Crippen LogP contribution in [0.1, 0.15) is 27.7 Å². The molecular formula is C14H13NO2S. The quantitative estimate of drug-likeness (QED) is 0.479. The molecule has 3 nitrogen and oxygen atoms in total. The van der Waals surface area contributed by atoms with Crippen molar-refractivity contribution < 1.29 is 9.63 Å². The number of hydrogen-bond acceptors (Lipinski definition) is 4. The molecule has 18 heavy (non-hydrogen) atoms. The van der Waals surface area contributed by atoms with E-state index in [9.17, 15) is 4.79 Å². The van der Waals surface area contributed by atoms with Crippen LogP contribution in [0.3, 0.4) is 0 Å². The van der Waals surface area contributed by atoms with Crippen molar-refractivity contribution in [3.63, 3.8) is 0 Å². The second kappa shape index (κ2) is 5.60. The summed E-state index contributed by atoms with van der Waals surface area (Å²) in [5.74, 6) is -0.439. The van der Waals surface area contributed by atoms with Crippen molar-refractivity contribution in [1.82, 2.24) is 0 Å². The molecule has 0 saturated heterocycles. The van der Waals surface area contributed by atoms with Crippen molar-refractivity contribution in [1.29, 1.82) is 0 Å². The largest absolute Gasteiger partial charge is 0.365 e. The Morgan fingerprint density at radius 3 is 2.56 bits per heavy atom. The lowest BCUT2D eigenvalue weighted by molar-refractivity contribution is 0.0516.